The van der Waals surface area contributed by atoms with Gasteiger partial charge in [0.25, 0.3) is 0 Å². The molecular formula is C22H44N4O2. The Morgan fingerprint density at radius 2 is 1.96 bits per heavy atom. The van der Waals surface area contributed by atoms with E-state index in [-0.39, 0.29) is 0 Å². The second kappa shape index (κ2) is 14.2. The van der Waals surface area contributed by atoms with Crippen molar-refractivity contribution in [2.45, 2.75) is 52.9 Å². The first kappa shape index (κ1) is 23.4. The van der Waals surface area contributed by atoms with E-state index in [2.05, 4.69) is 41.3 Å². The van der Waals surface area contributed by atoms with Crippen LogP contribution in [-0.4, -0.2) is 76.6 Å². The Kier molecular flexibility index (Phi) is 11.9. The first-order chi connectivity index (χ1) is 13.7. The number of likely N-dealkylation sites (tertiary alicyclic amines) is 1. The molecule has 6 nitrogen and oxygen atoms in total. The SMILES string of the molecule is CCNC(=NCCCOCC1CCOC1)NCCCCN1CC(C)CC(C)C1. The van der Waals surface area contributed by atoms with Crippen LogP contribution < -0.4 is 10.6 Å². The Labute approximate surface area is 172 Å². The third-order valence-corrected chi connectivity index (χ3v) is 5.58. The van der Waals surface area contributed by atoms with Gasteiger partial charge in [0.15, 0.2) is 5.96 Å². The minimum Gasteiger partial charge on any atom is -0.381 e. The summed E-state index contributed by atoms with van der Waals surface area (Å²) in [5.41, 5.74) is 0. The number of nitrogens with one attached hydrogen (secondary N) is 2. The highest BCUT2D eigenvalue weighted by Gasteiger charge is 2.20. The number of nitrogens with zero attached hydrogens (tertiary/aromatic N) is 2. The molecule has 0 aromatic carbocycles. The second-order valence-electron chi connectivity index (χ2n) is 8.76. The van der Waals surface area contributed by atoms with Crippen molar-refractivity contribution in [1.29, 1.82) is 0 Å². The lowest BCUT2D eigenvalue weighted by Gasteiger charge is -2.34. The van der Waals surface area contributed by atoms with Gasteiger partial charge in [-0.3, -0.25) is 4.99 Å². The summed E-state index contributed by atoms with van der Waals surface area (Å²) in [6, 6.07) is 0. The highest BCUT2D eigenvalue weighted by Crippen LogP contribution is 2.20. The third kappa shape index (κ3) is 10.1. The molecule has 164 valence electrons. The highest BCUT2D eigenvalue weighted by molar-refractivity contribution is 5.79. The van der Waals surface area contributed by atoms with Crippen molar-refractivity contribution in [3.63, 3.8) is 0 Å². The van der Waals surface area contributed by atoms with Crippen LogP contribution in [0.25, 0.3) is 0 Å². The van der Waals surface area contributed by atoms with Gasteiger partial charge in [-0.15, -0.1) is 0 Å². The molecule has 28 heavy (non-hydrogen) atoms. The molecule has 2 aliphatic rings. The Morgan fingerprint density at radius 1 is 1.14 bits per heavy atom. The Morgan fingerprint density at radius 3 is 2.68 bits per heavy atom. The maximum Gasteiger partial charge on any atom is 0.191 e. The van der Waals surface area contributed by atoms with Crippen molar-refractivity contribution >= 4 is 5.96 Å². The molecule has 2 fully saturated rings. The monoisotopic (exact) mass is 396 g/mol. The first-order valence-corrected chi connectivity index (χ1v) is 11.6. The van der Waals surface area contributed by atoms with Crippen LogP contribution in [0.2, 0.25) is 0 Å². The molecule has 2 N–H and O–H groups in total. The predicted octanol–water partition coefficient (Wildman–Crippen LogP) is 2.74. The van der Waals surface area contributed by atoms with Crippen molar-refractivity contribution in [3.05, 3.63) is 0 Å². The second-order valence-corrected chi connectivity index (χ2v) is 8.76. The zero-order valence-corrected chi connectivity index (χ0v) is 18.5. The van der Waals surface area contributed by atoms with Crippen molar-refractivity contribution in [2.24, 2.45) is 22.7 Å². The van der Waals surface area contributed by atoms with Crippen molar-refractivity contribution < 1.29 is 9.47 Å². The molecule has 3 atom stereocenters. The van der Waals surface area contributed by atoms with Crippen molar-refractivity contribution in [3.8, 4) is 0 Å². The number of unbranched alkanes of at least 4 members (excludes halogenated alkanes) is 1. The zero-order chi connectivity index (χ0) is 20.0. The van der Waals surface area contributed by atoms with Gasteiger partial charge in [0, 0.05) is 51.9 Å². The van der Waals surface area contributed by atoms with Crippen LogP contribution in [0.4, 0.5) is 0 Å². The molecule has 0 bridgehead atoms. The van der Waals surface area contributed by atoms with E-state index in [0.29, 0.717) is 5.92 Å². The fraction of sp³-hybridized carbons (Fsp3) is 0.955. The summed E-state index contributed by atoms with van der Waals surface area (Å²) in [5.74, 6) is 3.24. The van der Waals surface area contributed by atoms with E-state index in [1.54, 1.807) is 0 Å². The molecular weight excluding hydrogens is 352 g/mol. The summed E-state index contributed by atoms with van der Waals surface area (Å²) in [6.45, 7) is 16.7. The highest BCUT2D eigenvalue weighted by atomic mass is 16.5. The number of piperidine rings is 1. The lowest BCUT2D eigenvalue weighted by molar-refractivity contribution is 0.0893. The van der Waals surface area contributed by atoms with Gasteiger partial charge in [0.05, 0.1) is 13.2 Å². The standard InChI is InChI=1S/C22H44N4O2/c1-4-23-22(25-10-7-12-27-17-21-8-13-28-18-21)24-9-5-6-11-26-15-19(2)14-20(3)16-26/h19-21H,4-18H2,1-3H3,(H2,23,24,25). The molecule has 0 radical (unpaired) electrons. The van der Waals surface area contributed by atoms with Gasteiger partial charge >= 0.3 is 0 Å². The molecule has 2 saturated heterocycles. The summed E-state index contributed by atoms with van der Waals surface area (Å²) in [6.07, 6.45) is 5.94. The van der Waals surface area contributed by atoms with Gasteiger partial charge in [0.1, 0.15) is 0 Å². The average Bonchev–Trinajstić information content (AvgIpc) is 3.16. The molecule has 0 aliphatic carbocycles. The fourth-order valence-electron chi connectivity index (χ4n) is 4.31. The number of guanidine groups is 1. The Hall–Kier alpha value is -0.850. The van der Waals surface area contributed by atoms with Crippen LogP contribution in [0.15, 0.2) is 4.99 Å². The van der Waals surface area contributed by atoms with Crippen LogP contribution in [0, 0.1) is 17.8 Å². The Balaban J connectivity index is 1.50. The van der Waals surface area contributed by atoms with Gasteiger partial charge in [-0.2, -0.15) is 0 Å². The van der Waals surface area contributed by atoms with Crippen LogP contribution in [0.1, 0.15) is 52.9 Å². The smallest absolute Gasteiger partial charge is 0.191 e. The van der Waals surface area contributed by atoms with E-state index in [1.807, 2.05) is 0 Å². The first-order valence-electron chi connectivity index (χ1n) is 11.6. The number of hydrogen-bond acceptors (Lipinski definition) is 4. The number of ether oxygens (including phenoxy) is 2. The molecule has 2 heterocycles. The summed E-state index contributed by atoms with van der Waals surface area (Å²) in [5, 5.41) is 6.82. The van der Waals surface area contributed by atoms with E-state index in [9.17, 15) is 0 Å². The minimum absolute atomic E-state index is 0.596. The molecule has 2 rings (SSSR count). The fourth-order valence-corrected chi connectivity index (χ4v) is 4.31. The summed E-state index contributed by atoms with van der Waals surface area (Å²) >= 11 is 0. The molecule has 0 aromatic heterocycles. The van der Waals surface area contributed by atoms with E-state index in [0.717, 1.165) is 76.7 Å². The van der Waals surface area contributed by atoms with Gasteiger partial charge in [-0.1, -0.05) is 13.8 Å². The minimum atomic E-state index is 0.596. The lowest BCUT2D eigenvalue weighted by atomic mass is 9.92. The van der Waals surface area contributed by atoms with Crippen molar-refractivity contribution in [1.82, 2.24) is 15.5 Å². The summed E-state index contributed by atoms with van der Waals surface area (Å²) < 4.78 is 11.1. The summed E-state index contributed by atoms with van der Waals surface area (Å²) in [7, 11) is 0. The number of hydrogen-bond donors (Lipinski definition) is 2. The molecule has 6 heteroatoms. The van der Waals surface area contributed by atoms with E-state index in [1.165, 1.54) is 38.9 Å². The number of aliphatic imine (C=N–C) groups is 1. The van der Waals surface area contributed by atoms with Crippen LogP contribution in [0.3, 0.4) is 0 Å². The van der Waals surface area contributed by atoms with Crippen LogP contribution in [0.5, 0.6) is 0 Å². The maximum absolute atomic E-state index is 5.75. The molecule has 3 unspecified atom stereocenters. The van der Waals surface area contributed by atoms with Crippen molar-refractivity contribution in [2.75, 3.05) is 65.7 Å². The quantitative estimate of drug-likeness (QED) is 0.302. The maximum atomic E-state index is 5.75. The van der Waals surface area contributed by atoms with Gasteiger partial charge < -0.3 is 25.0 Å². The number of rotatable bonds is 12. The molecule has 2 aliphatic heterocycles. The zero-order valence-electron chi connectivity index (χ0n) is 18.5. The average molecular weight is 397 g/mol. The van der Waals surface area contributed by atoms with Gasteiger partial charge in [-0.05, 0) is 57.4 Å². The topological polar surface area (TPSA) is 58.1 Å². The predicted molar refractivity (Wildman–Crippen MR) is 117 cm³/mol. The summed E-state index contributed by atoms with van der Waals surface area (Å²) in [4.78, 5) is 7.32. The Bertz CT molecular complexity index is 417. The molecule has 0 saturated carbocycles. The third-order valence-electron chi connectivity index (χ3n) is 5.58. The van der Waals surface area contributed by atoms with Gasteiger partial charge in [-0.25, -0.2) is 0 Å². The van der Waals surface area contributed by atoms with E-state index >= 15 is 0 Å². The van der Waals surface area contributed by atoms with Gasteiger partial charge in [0.2, 0.25) is 0 Å². The van der Waals surface area contributed by atoms with E-state index in [4.69, 9.17) is 9.47 Å². The van der Waals surface area contributed by atoms with E-state index < -0.39 is 0 Å². The normalized spacial score (nSPS) is 26.5. The molecule has 0 spiro atoms. The molecule has 0 aromatic rings. The largest absolute Gasteiger partial charge is 0.381 e. The molecule has 0 amide bonds. The lowest BCUT2D eigenvalue weighted by Crippen LogP contribution is -2.40. The van der Waals surface area contributed by atoms with Crippen LogP contribution in [-0.2, 0) is 9.47 Å². The van der Waals surface area contributed by atoms with Crippen LogP contribution >= 0.6 is 0 Å².